The summed E-state index contributed by atoms with van der Waals surface area (Å²) in [5.74, 6) is -0.408. The predicted molar refractivity (Wildman–Crippen MR) is 68.2 cm³/mol. The van der Waals surface area contributed by atoms with Gasteiger partial charge in [0, 0.05) is 5.69 Å². The van der Waals surface area contributed by atoms with Crippen LogP contribution < -0.4 is 5.73 Å². The Kier molecular flexibility index (Phi) is 3.32. The molecule has 1 aromatic carbocycles. The second-order valence-corrected chi connectivity index (χ2v) is 3.98. The van der Waals surface area contributed by atoms with Crippen molar-refractivity contribution in [2.24, 2.45) is 0 Å². The second-order valence-electron chi connectivity index (χ2n) is 3.98. The summed E-state index contributed by atoms with van der Waals surface area (Å²) in [5, 5.41) is 0. The van der Waals surface area contributed by atoms with Gasteiger partial charge in [0.2, 0.25) is 0 Å². The quantitative estimate of drug-likeness (QED) is 0.662. The van der Waals surface area contributed by atoms with Crippen molar-refractivity contribution >= 4 is 11.7 Å². The van der Waals surface area contributed by atoms with Crippen molar-refractivity contribution < 1.29 is 9.53 Å². The van der Waals surface area contributed by atoms with Gasteiger partial charge in [-0.05, 0) is 18.6 Å². The van der Waals surface area contributed by atoms with E-state index in [4.69, 9.17) is 10.5 Å². The highest BCUT2D eigenvalue weighted by atomic mass is 16.5. The highest BCUT2D eigenvalue weighted by Gasteiger charge is 2.18. The third kappa shape index (κ3) is 2.07. The summed E-state index contributed by atoms with van der Waals surface area (Å²) in [6.45, 7) is 1.96. The molecule has 0 saturated heterocycles. The first kappa shape index (κ1) is 12.2. The molecule has 2 rings (SSSR count). The van der Waals surface area contributed by atoms with Gasteiger partial charge >= 0.3 is 5.97 Å². The van der Waals surface area contributed by atoms with Gasteiger partial charge in [-0.3, -0.25) is 0 Å². The van der Waals surface area contributed by atoms with Gasteiger partial charge in [-0.25, -0.2) is 9.78 Å². The van der Waals surface area contributed by atoms with Crippen LogP contribution in [0.5, 0.6) is 0 Å². The van der Waals surface area contributed by atoms with E-state index in [0.29, 0.717) is 11.4 Å². The molecule has 0 bridgehead atoms. The fraction of sp³-hybridized carbons (Fsp3) is 0.231. The Hall–Kier alpha value is -2.30. The molecule has 5 nitrogen and oxygen atoms in total. The first-order chi connectivity index (χ1) is 8.65. The zero-order valence-electron chi connectivity index (χ0n) is 10.3. The van der Waals surface area contributed by atoms with Crippen molar-refractivity contribution in [2.75, 3.05) is 12.8 Å². The van der Waals surface area contributed by atoms with Crippen LogP contribution in [0.15, 0.2) is 36.8 Å². The van der Waals surface area contributed by atoms with Gasteiger partial charge in [0.25, 0.3) is 0 Å². The van der Waals surface area contributed by atoms with E-state index in [2.05, 4.69) is 4.98 Å². The molecule has 0 radical (unpaired) electrons. The normalized spacial score (nSPS) is 12.1. The number of nitrogens with zero attached hydrogens (tertiary/aromatic N) is 2. The number of nitrogens with two attached hydrogens (primary N) is 1. The Balaban J connectivity index is 2.41. The highest BCUT2D eigenvalue weighted by Crippen LogP contribution is 2.24. The minimum Gasteiger partial charge on any atom is -0.464 e. The first-order valence-electron chi connectivity index (χ1n) is 5.59. The third-order valence-electron chi connectivity index (χ3n) is 2.92. The molecule has 0 amide bonds. The van der Waals surface area contributed by atoms with Crippen LogP contribution in [0, 0.1) is 0 Å². The van der Waals surface area contributed by atoms with Crippen molar-refractivity contribution in [1.82, 2.24) is 9.55 Å². The molecule has 0 aliphatic heterocycles. The fourth-order valence-corrected chi connectivity index (χ4v) is 1.92. The summed E-state index contributed by atoms with van der Waals surface area (Å²) in [5.41, 5.74) is 7.98. The smallest absolute Gasteiger partial charge is 0.356 e. The molecule has 1 heterocycles. The number of carbonyl (C=O) groups is 1. The number of anilines is 1. The zero-order valence-corrected chi connectivity index (χ0v) is 10.3. The van der Waals surface area contributed by atoms with E-state index in [0.717, 1.165) is 5.56 Å². The largest absolute Gasteiger partial charge is 0.464 e. The molecule has 0 aliphatic rings. The maximum atomic E-state index is 11.6. The highest BCUT2D eigenvalue weighted by molar-refractivity contribution is 5.87. The van der Waals surface area contributed by atoms with Gasteiger partial charge in [0.1, 0.15) is 5.69 Å². The number of hydrogen-bond acceptors (Lipinski definition) is 4. The van der Waals surface area contributed by atoms with E-state index in [1.165, 1.54) is 13.3 Å². The SMILES string of the molecule is COC(=O)c1cncn1C(C)c1ccccc1N. The molecule has 2 aromatic rings. The zero-order chi connectivity index (χ0) is 13.1. The molecular weight excluding hydrogens is 230 g/mol. The minimum absolute atomic E-state index is 0.0807. The Bertz CT molecular complexity index is 563. The van der Waals surface area contributed by atoms with Crippen LogP contribution in [0.4, 0.5) is 5.69 Å². The summed E-state index contributed by atoms with van der Waals surface area (Å²) in [6.07, 6.45) is 3.09. The fourth-order valence-electron chi connectivity index (χ4n) is 1.92. The number of methoxy groups -OCH3 is 1. The summed E-state index contributed by atoms with van der Waals surface area (Å²) < 4.78 is 6.47. The van der Waals surface area contributed by atoms with E-state index >= 15 is 0 Å². The van der Waals surface area contributed by atoms with Crippen LogP contribution in [-0.4, -0.2) is 22.6 Å². The lowest BCUT2D eigenvalue weighted by Gasteiger charge is -2.17. The monoisotopic (exact) mass is 245 g/mol. The number of benzene rings is 1. The van der Waals surface area contributed by atoms with Gasteiger partial charge < -0.3 is 15.0 Å². The summed E-state index contributed by atoms with van der Waals surface area (Å²) in [4.78, 5) is 15.6. The number of para-hydroxylation sites is 1. The number of hydrogen-bond donors (Lipinski definition) is 1. The Morgan fingerprint density at radius 2 is 2.17 bits per heavy atom. The van der Waals surface area contributed by atoms with E-state index in [1.807, 2.05) is 31.2 Å². The maximum Gasteiger partial charge on any atom is 0.356 e. The molecular formula is C13H15N3O2. The van der Waals surface area contributed by atoms with Gasteiger partial charge in [-0.15, -0.1) is 0 Å². The van der Waals surface area contributed by atoms with Crippen LogP contribution >= 0.6 is 0 Å². The van der Waals surface area contributed by atoms with Crippen LogP contribution in [0.1, 0.15) is 29.0 Å². The predicted octanol–water partition coefficient (Wildman–Crippen LogP) is 1.86. The molecule has 94 valence electrons. The number of esters is 1. The molecule has 5 heteroatoms. The van der Waals surface area contributed by atoms with Crippen LogP contribution in [0.25, 0.3) is 0 Å². The average Bonchev–Trinajstić information content (AvgIpc) is 2.86. The Morgan fingerprint density at radius 3 is 2.83 bits per heavy atom. The molecule has 1 aromatic heterocycles. The molecule has 1 unspecified atom stereocenters. The standard InChI is InChI=1S/C13H15N3O2/c1-9(10-5-3-4-6-11(10)14)16-8-15-7-12(16)13(17)18-2/h3-9H,14H2,1-2H3. The molecule has 0 spiro atoms. The molecule has 1 atom stereocenters. The topological polar surface area (TPSA) is 70.1 Å². The first-order valence-corrected chi connectivity index (χ1v) is 5.59. The number of ether oxygens (including phenoxy) is 1. The van der Waals surface area contributed by atoms with Crippen molar-refractivity contribution in [2.45, 2.75) is 13.0 Å². The van der Waals surface area contributed by atoms with Gasteiger partial charge in [-0.2, -0.15) is 0 Å². The number of nitrogen functional groups attached to an aromatic ring is 1. The van der Waals surface area contributed by atoms with E-state index in [1.54, 1.807) is 10.9 Å². The van der Waals surface area contributed by atoms with E-state index in [-0.39, 0.29) is 6.04 Å². The number of rotatable bonds is 3. The van der Waals surface area contributed by atoms with Gasteiger partial charge in [-0.1, -0.05) is 18.2 Å². The van der Waals surface area contributed by atoms with Crippen molar-refractivity contribution in [3.63, 3.8) is 0 Å². The maximum absolute atomic E-state index is 11.6. The number of aromatic nitrogens is 2. The van der Waals surface area contributed by atoms with Crippen LogP contribution in [0.3, 0.4) is 0 Å². The average molecular weight is 245 g/mol. The molecule has 0 aliphatic carbocycles. The minimum atomic E-state index is -0.408. The third-order valence-corrected chi connectivity index (χ3v) is 2.92. The van der Waals surface area contributed by atoms with Crippen molar-refractivity contribution in [3.05, 3.63) is 48.0 Å². The van der Waals surface area contributed by atoms with Crippen LogP contribution in [0.2, 0.25) is 0 Å². The lowest BCUT2D eigenvalue weighted by Crippen LogP contribution is -2.15. The van der Waals surface area contributed by atoms with E-state index < -0.39 is 5.97 Å². The summed E-state index contributed by atoms with van der Waals surface area (Å²) >= 11 is 0. The lowest BCUT2D eigenvalue weighted by atomic mass is 10.1. The van der Waals surface area contributed by atoms with Crippen molar-refractivity contribution in [3.8, 4) is 0 Å². The second kappa shape index (κ2) is 4.91. The molecule has 18 heavy (non-hydrogen) atoms. The lowest BCUT2D eigenvalue weighted by molar-refractivity contribution is 0.0587. The Morgan fingerprint density at radius 1 is 1.44 bits per heavy atom. The van der Waals surface area contributed by atoms with E-state index in [9.17, 15) is 4.79 Å². The number of carbonyl (C=O) groups excluding carboxylic acids is 1. The summed E-state index contributed by atoms with van der Waals surface area (Å²) in [7, 11) is 1.35. The number of imidazole rings is 1. The summed E-state index contributed by atoms with van der Waals surface area (Å²) in [6, 6.07) is 7.47. The molecule has 0 fully saturated rings. The molecule has 2 N–H and O–H groups in total. The van der Waals surface area contributed by atoms with Crippen LogP contribution in [-0.2, 0) is 4.74 Å². The van der Waals surface area contributed by atoms with Gasteiger partial charge in [0.05, 0.1) is 25.7 Å². The van der Waals surface area contributed by atoms with Gasteiger partial charge in [0.15, 0.2) is 0 Å². The Labute approximate surface area is 105 Å². The van der Waals surface area contributed by atoms with Crippen molar-refractivity contribution in [1.29, 1.82) is 0 Å². The molecule has 0 saturated carbocycles.